The molecule has 0 spiro atoms. The van der Waals surface area contributed by atoms with E-state index in [1.54, 1.807) is 0 Å². The van der Waals surface area contributed by atoms with Crippen molar-refractivity contribution < 1.29 is 4.79 Å². The third kappa shape index (κ3) is 3.04. The van der Waals surface area contributed by atoms with E-state index in [2.05, 4.69) is 23.5 Å². The van der Waals surface area contributed by atoms with Crippen LogP contribution < -0.4 is 5.32 Å². The predicted octanol–water partition coefficient (Wildman–Crippen LogP) is 4.12. The van der Waals surface area contributed by atoms with Crippen molar-refractivity contribution in [1.29, 1.82) is 0 Å². The molecule has 2 nitrogen and oxygen atoms in total. The first-order valence-electron chi connectivity index (χ1n) is 8.33. The van der Waals surface area contributed by atoms with Gasteiger partial charge >= 0.3 is 0 Å². The maximum atomic E-state index is 12.7. The van der Waals surface area contributed by atoms with Gasteiger partial charge in [0.25, 0.3) is 0 Å². The Labute approximate surface area is 127 Å². The van der Waals surface area contributed by atoms with Gasteiger partial charge in [-0.1, -0.05) is 48.4 Å². The minimum absolute atomic E-state index is 0.233. The molecule has 2 aliphatic carbocycles. The van der Waals surface area contributed by atoms with E-state index in [4.69, 9.17) is 0 Å². The Morgan fingerprint density at radius 1 is 1.10 bits per heavy atom. The lowest BCUT2D eigenvalue weighted by Gasteiger charge is -2.40. The first kappa shape index (κ1) is 14.4. The van der Waals surface area contributed by atoms with Crippen LogP contribution in [0.5, 0.6) is 0 Å². The van der Waals surface area contributed by atoms with E-state index < -0.39 is 0 Å². The summed E-state index contributed by atoms with van der Waals surface area (Å²) in [6.07, 6.45) is 11.6. The van der Waals surface area contributed by atoms with Gasteiger partial charge in [-0.05, 0) is 50.5 Å². The summed E-state index contributed by atoms with van der Waals surface area (Å²) in [4.78, 5) is 12.7. The number of benzene rings is 1. The minimum atomic E-state index is -0.248. The minimum Gasteiger partial charge on any atom is -0.355 e. The van der Waals surface area contributed by atoms with Gasteiger partial charge in [-0.2, -0.15) is 0 Å². The van der Waals surface area contributed by atoms with Crippen molar-refractivity contribution in [2.24, 2.45) is 0 Å². The van der Waals surface area contributed by atoms with Gasteiger partial charge in [0.1, 0.15) is 0 Å². The Morgan fingerprint density at radius 3 is 2.52 bits per heavy atom. The summed E-state index contributed by atoms with van der Waals surface area (Å²) in [5, 5.41) is 3.19. The predicted molar refractivity (Wildman–Crippen MR) is 86.1 cm³/mol. The number of hydrogen-bond donors (Lipinski definition) is 1. The normalized spacial score (nSPS) is 20.3. The second-order valence-electron chi connectivity index (χ2n) is 6.42. The Hall–Kier alpha value is -1.57. The number of allylic oxidation sites excluding steroid dienone is 1. The van der Waals surface area contributed by atoms with Gasteiger partial charge in [0.2, 0.25) is 5.91 Å². The Morgan fingerprint density at radius 2 is 1.90 bits per heavy atom. The number of nitrogens with one attached hydrogen (secondary N) is 1. The van der Waals surface area contributed by atoms with Crippen LogP contribution in [-0.2, 0) is 10.2 Å². The van der Waals surface area contributed by atoms with E-state index >= 15 is 0 Å². The second-order valence-corrected chi connectivity index (χ2v) is 6.42. The summed E-state index contributed by atoms with van der Waals surface area (Å²) in [5.41, 5.74) is 2.47. The van der Waals surface area contributed by atoms with E-state index in [0.29, 0.717) is 0 Å². The first-order chi connectivity index (χ1) is 10.3. The molecule has 1 fully saturated rings. The van der Waals surface area contributed by atoms with Crippen molar-refractivity contribution in [1.82, 2.24) is 5.32 Å². The van der Waals surface area contributed by atoms with Crippen LogP contribution in [0.4, 0.5) is 0 Å². The quantitative estimate of drug-likeness (QED) is 0.809. The van der Waals surface area contributed by atoms with Crippen LogP contribution in [0.2, 0.25) is 0 Å². The fraction of sp³-hybridized carbons (Fsp3) is 0.526. The molecule has 0 unspecified atom stereocenters. The molecule has 0 aromatic heterocycles. The Bertz CT molecular complexity index is 514. The lowest BCUT2D eigenvalue weighted by atomic mass is 9.64. The van der Waals surface area contributed by atoms with Gasteiger partial charge in [-0.25, -0.2) is 0 Å². The number of carbonyl (C=O) groups is 1. The highest BCUT2D eigenvalue weighted by atomic mass is 16.2. The molecule has 1 amide bonds. The maximum Gasteiger partial charge on any atom is 0.230 e. The number of rotatable bonds is 5. The number of carbonyl (C=O) groups excluding carboxylic acids is 1. The van der Waals surface area contributed by atoms with Crippen molar-refractivity contribution in [2.45, 2.75) is 56.8 Å². The monoisotopic (exact) mass is 283 g/mol. The third-order valence-corrected chi connectivity index (χ3v) is 5.08. The van der Waals surface area contributed by atoms with Crippen LogP contribution in [0, 0.1) is 0 Å². The van der Waals surface area contributed by atoms with E-state index in [1.165, 1.54) is 36.8 Å². The summed E-state index contributed by atoms with van der Waals surface area (Å²) < 4.78 is 0. The number of amides is 1. The molecule has 3 rings (SSSR count). The lowest BCUT2D eigenvalue weighted by molar-refractivity contribution is -0.129. The fourth-order valence-corrected chi connectivity index (χ4v) is 3.57. The summed E-state index contributed by atoms with van der Waals surface area (Å²) in [7, 11) is 0. The summed E-state index contributed by atoms with van der Waals surface area (Å²) in [5.74, 6) is 0.233. The molecule has 0 saturated heterocycles. The molecule has 1 saturated carbocycles. The standard InChI is InChI=1S/C19H25NO/c21-18(20-15-12-16-8-3-1-4-9-16)19(13-7-14-19)17-10-5-2-6-11-17/h2,5-6,8,10-11H,1,3-4,7,9,12-15H2,(H,20,21). The topological polar surface area (TPSA) is 29.1 Å². The first-order valence-corrected chi connectivity index (χ1v) is 8.33. The number of hydrogen-bond acceptors (Lipinski definition) is 1. The molecule has 1 aromatic carbocycles. The molecule has 112 valence electrons. The molecule has 0 bridgehead atoms. The molecule has 2 aliphatic rings. The lowest BCUT2D eigenvalue weighted by Crippen LogP contribution is -2.49. The van der Waals surface area contributed by atoms with Crippen molar-refractivity contribution in [3.8, 4) is 0 Å². The van der Waals surface area contributed by atoms with Crippen molar-refractivity contribution in [3.63, 3.8) is 0 Å². The van der Waals surface area contributed by atoms with Crippen molar-refractivity contribution in [3.05, 3.63) is 47.5 Å². The maximum absolute atomic E-state index is 12.7. The zero-order chi connectivity index (χ0) is 14.5. The van der Waals surface area contributed by atoms with Crippen LogP contribution in [0.1, 0.15) is 56.9 Å². The molecule has 2 heteroatoms. The highest BCUT2D eigenvalue weighted by Gasteiger charge is 2.45. The van der Waals surface area contributed by atoms with Gasteiger partial charge in [-0.3, -0.25) is 4.79 Å². The largest absolute Gasteiger partial charge is 0.355 e. The van der Waals surface area contributed by atoms with Crippen LogP contribution in [-0.4, -0.2) is 12.5 Å². The van der Waals surface area contributed by atoms with Crippen LogP contribution in [0.25, 0.3) is 0 Å². The molecule has 1 N–H and O–H groups in total. The van der Waals surface area contributed by atoms with Gasteiger partial charge < -0.3 is 5.32 Å². The molecule has 0 radical (unpaired) electrons. The highest BCUT2D eigenvalue weighted by molar-refractivity contribution is 5.89. The molecular formula is C19H25NO. The average molecular weight is 283 g/mol. The molecule has 21 heavy (non-hydrogen) atoms. The van der Waals surface area contributed by atoms with E-state index in [1.807, 2.05) is 18.2 Å². The third-order valence-electron chi connectivity index (χ3n) is 5.08. The van der Waals surface area contributed by atoms with Crippen LogP contribution in [0.3, 0.4) is 0 Å². The van der Waals surface area contributed by atoms with Gasteiger partial charge in [-0.15, -0.1) is 0 Å². The molecule has 0 aliphatic heterocycles. The molecule has 0 atom stereocenters. The van der Waals surface area contributed by atoms with Gasteiger partial charge in [0.15, 0.2) is 0 Å². The zero-order valence-corrected chi connectivity index (χ0v) is 12.7. The summed E-state index contributed by atoms with van der Waals surface area (Å²) in [6, 6.07) is 10.3. The Kier molecular flexibility index (Phi) is 4.42. The summed E-state index contributed by atoms with van der Waals surface area (Å²) in [6.45, 7) is 0.791. The highest BCUT2D eigenvalue weighted by Crippen LogP contribution is 2.43. The van der Waals surface area contributed by atoms with Crippen LogP contribution in [0.15, 0.2) is 42.0 Å². The second kappa shape index (κ2) is 6.46. The SMILES string of the molecule is O=C(NCCC1=CCCCC1)C1(c2ccccc2)CCC1. The zero-order valence-electron chi connectivity index (χ0n) is 12.7. The molecular weight excluding hydrogens is 258 g/mol. The van der Waals surface area contributed by atoms with Crippen molar-refractivity contribution >= 4 is 5.91 Å². The Balaban J connectivity index is 1.57. The van der Waals surface area contributed by atoms with Gasteiger partial charge in [0.05, 0.1) is 5.41 Å². The smallest absolute Gasteiger partial charge is 0.230 e. The van der Waals surface area contributed by atoms with Crippen LogP contribution >= 0.6 is 0 Å². The van der Waals surface area contributed by atoms with E-state index in [0.717, 1.165) is 32.2 Å². The molecule has 1 aromatic rings. The van der Waals surface area contributed by atoms with Crippen molar-refractivity contribution in [2.75, 3.05) is 6.54 Å². The van der Waals surface area contributed by atoms with E-state index in [-0.39, 0.29) is 11.3 Å². The summed E-state index contributed by atoms with van der Waals surface area (Å²) >= 11 is 0. The average Bonchev–Trinajstić information content (AvgIpc) is 2.48. The molecule has 0 heterocycles. The van der Waals surface area contributed by atoms with Gasteiger partial charge in [0, 0.05) is 6.54 Å². The van der Waals surface area contributed by atoms with E-state index in [9.17, 15) is 4.79 Å². The fourth-order valence-electron chi connectivity index (χ4n) is 3.57.